The molecule has 0 unspecified atom stereocenters. The average Bonchev–Trinajstić information content (AvgIpc) is 3.11. The van der Waals surface area contributed by atoms with Crippen LogP contribution in [0.2, 0.25) is 5.02 Å². The number of aromatic nitrogens is 3. The molecular weight excluding hydrogens is 404 g/mol. The zero-order chi connectivity index (χ0) is 20.8. The Hall–Kier alpha value is -2.57. The second kappa shape index (κ2) is 9.76. The van der Waals surface area contributed by atoms with Crippen molar-refractivity contribution in [3.05, 3.63) is 88.7 Å². The average molecular weight is 427 g/mol. The van der Waals surface area contributed by atoms with E-state index < -0.39 is 0 Å². The van der Waals surface area contributed by atoms with E-state index in [0.717, 1.165) is 22.0 Å². The molecule has 0 aliphatic heterocycles. The van der Waals surface area contributed by atoms with Crippen molar-refractivity contribution in [2.75, 3.05) is 0 Å². The summed E-state index contributed by atoms with van der Waals surface area (Å²) in [7, 11) is 0. The summed E-state index contributed by atoms with van der Waals surface area (Å²) in [6.07, 6.45) is 1.80. The minimum atomic E-state index is -0.292. The standard InChI is InChI=1S/C22H23ClN4OS/c1-4-13-27-20(16(3)24-21(28)19-8-6-5-7-15(19)2)25-26-22(27)29-14-17-9-11-18(23)12-10-17/h4-12,16H,1,13-14H2,2-3H3,(H,24,28)/t16-/m0/s1. The molecule has 1 N–H and O–H groups in total. The second-order valence-electron chi connectivity index (χ2n) is 6.67. The minimum absolute atomic E-state index is 0.126. The predicted molar refractivity (Wildman–Crippen MR) is 118 cm³/mol. The molecule has 1 heterocycles. The zero-order valence-electron chi connectivity index (χ0n) is 16.4. The lowest BCUT2D eigenvalue weighted by Gasteiger charge is -2.16. The Morgan fingerprint density at radius 1 is 1.24 bits per heavy atom. The number of hydrogen-bond acceptors (Lipinski definition) is 4. The van der Waals surface area contributed by atoms with Crippen molar-refractivity contribution in [2.24, 2.45) is 0 Å². The molecule has 0 fully saturated rings. The highest BCUT2D eigenvalue weighted by Crippen LogP contribution is 2.25. The quantitative estimate of drug-likeness (QED) is 0.396. The van der Waals surface area contributed by atoms with Crippen LogP contribution in [0.1, 0.15) is 40.3 Å². The Kier molecular flexibility index (Phi) is 7.12. The smallest absolute Gasteiger partial charge is 0.252 e. The molecule has 2 aromatic carbocycles. The van der Waals surface area contributed by atoms with Crippen LogP contribution >= 0.6 is 23.4 Å². The zero-order valence-corrected chi connectivity index (χ0v) is 18.0. The number of nitrogens with one attached hydrogen (secondary N) is 1. The number of halogens is 1. The first-order valence-corrected chi connectivity index (χ1v) is 10.6. The molecule has 29 heavy (non-hydrogen) atoms. The molecule has 3 rings (SSSR count). The van der Waals surface area contributed by atoms with Gasteiger partial charge in [0.1, 0.15) is 0 Å². The van der Waals surface area contributed by atoms with Crippen molar-refractivity contribution >= 4 is 29.3 Å². The summed E-state index contributed by atoms with van der Waals surface area (Å²) in [5.41, 5.74) is 2.74. The molecule has 0 aliphatic carbocycles. The lowest BCUT2D eigenvalue weighted by Crippen LogP contribution is -2.29. The predicted octanol–water partition coefficient (Wildman–Crippen LogP) is 5.21. The lowest BCUT2D eigenvalue weighted by atomic mass is 10.1. The van der Waals surface area contributed by atoms with E-state index in [2.05, 4.69) is 22.1 Å². The number of rotatable bonds is 8. The van der Waals surface area contributed by atoms with Crippen LogP contribution in [-0.4, -0.2) is 20.7 Å². The molecule has 0 saturated heterocycles. The third kappa shape index (κ3) is 5.28. The number of carbonyl (C=O) groups excluding carboxylic acids is 1. The normalized spacial score (nSPS) is 11.8. The van der Waals surface area contributed by atoms with Crippen molar-refractivity contribution < 1.29 is 4.79 Å². The maximum absolute atomic E-state index is 12.7. The maximum atomic E-state index is 12.7. The summed E-state index contributed by atoms with van der Waals surface area (Å²) in [5, 5.41) is 13.2. The summed E-state index contributed by atoms with van der Waals surface area (Å²) in [6, 6.07) is 15.0. The van der Waals surface area contributed by atoms with Crippen molar-refractivity contribution in [1.82, 2.24) is 20.1 Å². The highest BCUT2D eigenvalue weighted by molar-refractivity contribution is 7.98. The summed E-state index contributed by atoms with van der Waals surface area (Å²) in [5.74, 6) is 1.32. The van der Waals surface area contributed by atoms with E-state index in [1.165, 1.54) is 0 Å². The molecule has 3 aromatic rings. The van der Waals surface area contributed by atoms with Gasteiger partial charge in [0.25, 0.3) is 5.91 Å². The number of benzene rings is 2. The summed E-state index contributed by atoms with van der Waals surface area (Å²) < 4.78 is 1.98. The van der Waals surface area contributed by atoms with E-state index in [0.29, 0.717) is 23.0 Å². The van der Waals surface area contributed by atoms with Gasteiger partial charge in [-0.25, -0.2) is 0 Å². The van der Waals surface area contributed by atoms with Crippen LogP contribution in [0.15, 0.2) is 66.3 Å². The number of thioether (sulfide) groups is 1. The van der Waals surface area contributed by atoms with Gasteiger partial charge in [0, 0.05) is 22.9 Å². The number of amides is 1. The Labute approximate surface area is 180 Å². The number of aryl methyl sites for hydroxylation is 1. The molecule has 7 heteroatoms. The highest BCUT2D eigenvalue weighted by atomic mass is 35.5. The van der Waals surface area contributed by atoms with Gasteiger partial charge in [-0.3, -0.25) is 4.79 Å². The van der Waals surface area contributed by atoms with Crippen molar-refractivity contribution in [2.45, 2.75) is 37.3 Å². The first-order chi connectivity index (χ1) is 14.0. The van der Waals surface area contributed by atoms with Gasteiger partial charge in [-0.1, -0.05) is 59.8 Å². The molecule has 0 spiro atoms. The van der Waals surface area contributed by atoms with E-state index in [1.807, 2.05) is 66.9 Å². The van der Waals surface area contributed by atoms with Gasteiger partial charge >= 0.3 is 0 Å². The molecular formula is C22H23ClN4OS. The van der Waals surface area contributed by atoms with Crippen molar-refractivity contribution in [3.63, 3.8) is 0 Å². The van der Waals surface area contributed by atoms with Crippen LogP contribution in [0.25, 0.3) is 0 Å². The van der Waals surface area contributed by atoms with E-state index >= 15 is 0 Å². The maximum Gasteiger partial charge on any atom is 0.252 e. The van der Waals surface area contributed by atoms with Gasteiger partial charge in [-0.05, 0) is 43.2 Å². The molecule has 1 aromatic heterocycles. The Morgan fingerprint density at radius 2 is 1.97 bits per heavy atom. The molecule has 0 radical (unpaired) electrons. The van der Waals surface area contributed by atoms with E-state index in [-0.39, 0.29) is 11.9 Å². The van der Waals surface area contributed by atoms with Crippen molar-refractivity contribution in [3.8, 4) is 0 Å². The Morgan fingerprint density at radius 3 is 2.66 bits per heavy atom. The molecule has 1 amide bonds. The third-order valence-corrected chi connectivity index (χ3v) is 5.75. The minimum Gasteiger partial charge on any atom is -0.342 e. The fourth-order valence-electron chi connectivity index (χ4n) is 2.92. The van der Waals surface area contributed by atoms with Crippen LogP contribution in [0.5, 0.6) is 0 Å². The second-order valence-corrected chi connectivity index (χ2v) is 8.04. The molecule has 5 nitrogen and oxygen atoms in total. The van der Waals surface area contributed by atoms with E-state index in [1.54, 1.807) is 17.8 Å². The van der Waals surface area contributed by atoms with Gasteiger partial charge in [0.2, 0.25) is 0 Å². The van der Waals surface area contributed by atoms with Crippen LogP contribution in [0, 0.1) is 6.92 Å². The SMILES string of the molecule is C=CCn1c(SCc2ccc(Cl)cc2)nnc1[C@H](C)NC(=O)c1ccccc1C. The van der Waals surface area contributed by atoms with E-state index in [9.17, 15) is 4.79 Å². The monoisotopic (exact) mass is 426 g/mol. The van der Waals surface area contributed by atoms with Crippen LogP contribution in [0.4, 0.5) is 0 Å². The van der Waals surface area contributed by atoms with Crippen molar-refractivity contribution in [1.29, 1.82) is 0 Å². The van der Waals surface area contributed by atoms with Gasteiger partial charge in [0.05, 0.1) is 6.04 Å². The summed E-state index contributed by atoms with van der Waals surface area (Å²) in [6.45, 7) is 8.23. The topological polar surface area (TPSA) is 59.8 Å². The molecule has 0 bridgehead atoms. The van der Waals surface area contributed by atoms with Crippen LogP contribution < -0.4 is 5.32 Å². The van der Waals surface area contributed by atoms with Gasteiger partial charge in [-0.15, -0.1) is 16.8 Å². The fraction of sp³-hybridized carbons (Fsp3) is 0.227. The molecule has 1 atom stereocenters. The fourth-order valence-corrected chi connectivity index (χ4v) is 3.96. The van der Waals surface area contributed by atoms with Gasteiger partial charge in [0.15, 0.2) is 11.0 Å². The third-order valence-electron chi connectivity index (χ3n) is 4.46. The molecule has 0 aliphatic rings. The summed E-state index contributed by atoms with van der Waals surface area (Å²) >= 11 is 7.54. The lowest BCUT2D eigenvalue weighted by molar-refractivity contribution is 0.0937. The molecule has 150 valence electrons. The van der Waals surface area contributed by atoms with Crippen LogP contribution in [0.3, 0.4) is 0 Å². The Bertz CT molecular complexity index is 1000. The largest absolute Gasteiger partial charge is 0.342 e. The van der Waals surface area contributed by atoms with Gasteiger partial charge < -0.3 is 9.88 Å². The number of carbonyl (C=O) groups is 1. The first-order valence-electron chi connectivity index (χ1n) is 9.27. The Balaban J connectivity index is 1.74. The summed E-state index contributed by atoms with van der Waals surface area (Å²) in [4.78, 5) is 12.7. The first kappa shape index (κ1) is 21.1. The highest BCUT2D eigenvalue weighted by Gasteiger charge is 2.20. The number of nitrogens with zero attached hydrogens (tertiary/aromatic N) is 3. The van der Waals surface area contributed by atoms with Gasteiger partial charge in [-0.2, -0.15) is 0 Å². The van der Waals surface area contributed by atoms with E-state index in [4.69, 9.17) is 11.6 Å². The number of hydrogen-bond donors (Lipinski definition) is 1. The number of allylic oxidation sites excluding steroid dienone is 1. The van der Waals surface area contributed by atoms with Crippen LogP contribution in [-0.2, 0) is 12.3 Å². The molecule has 0 saturated carbocycles.